The van der Waals surface area contributed by atoms with Crippen LogP contribution in [0.3, 0.4) is 0 Å². The Hall–Kier alpha value is -1.74. The lowest BCUT2D eigenvalue weighted by Crippen LogP contribution is -2.29. The third-order valence-electron chi connectivity index (χ3n) is 2.99. The molecule has 0 bridgehead atoms. The second kappa shape index (κ2) is 6.57. The van der Waals surface area contributed by atoms with Gasteiger partial charge in [0.1, 0.15) is 0 Å². The summed E-state index contributed by atoms with van der Waals surface area (Å²) < 4.78 is 25.4. The first-order valence-electron chi connectivity index (χ1n) is 6.23. The van der Waals surface area contributed by atoms with Crippen molar-refractivity contribution < 1.29 is 8.42 Å². The molecule has 0 fully saturated rings. The van der Waals surface area contributed by atoms with Crippen LogP contribution in [0.2, 0.25) is 10.0 Å². The van der Waals surface area contributed by atoms with Crippen molar-refractivity contribution in [2.45, 2.75) is 6.54 Å². The summed E-state index contributed by atoms with van der Waals surface area (Å²) in [6.45, 7) is 0.0592. The summed E-state index contributed by atoms with van der Waals surface area (Å²) in [7, 11) is -3.54. The van der Waals surface area contributed by atoms with Crippen LogP contribution in [0.4, 0.5) is 5.69 Å². The average Bonchev–Trinajstić information content (AvgIpc) is 2.45. The Morgan fingerprint density at radius 1 is 1.18 bits per heavy atom. The Bertz CT molecular complexity index is 845. The maximum Gasteiger partial charge on any atom is 0.232 e. The van der Waals surface area contributed by atoms with Gasteiger partial charge in [0.15, 0.2) is 0 Å². The highest BCUT2D eigenvalue weighted by atomic mass is 35.5. The molecule has 0 aliphatic carbocycles. The monoisotopic (exact) mass is 354 g/mol. The standard InChI is InChI=1S/C15H12Cl2N2O2S/c1-22(20,21)19(14-4-2-3-11(7-14)9-18)10-12-5-6-13(16)8-15(12)17/h2-8H,10H2,1H3. The molecule has 0 radical (unpaired) electrons. The lowest BCUT2D eigenvalue weighted by atomic mass is 10.2. The Morgan fingerprint density at radius 3 is 2.50 bits per heavy atom. The van der Waals surface area contributed by atoms with Crippen molar-refractivity contribution in [1.82, 2.24) is 0 Å². The Morgan fingerprint density at radius 2 is 1.91 bits per heavy atom. The van der Waals surface area contributed by atoms with Gasteiger partial charge < -0.3 is 0 Å². The van der Waals surface area contributed by atoms with Crippen LogP contribution < -0.4 is 4.31 Å². The fraction of sp³-hybridized carbons (Fsp3) is 0.133. The molecule has 2 aromatic carbocycles. The lowest BCUT2D eigenvalue weighted by molar-refractivity contribution is 0.596. The van der Waals surface area contributed by atoms with Crippen molar-refractivity contribution in [2.24, 2.45) is 0 Å². The van der Waals surface area contributed by atoms with E-state index in [0.717, 1.165) is 6.26 Å². The summed E-state index contributed by atoms with van der Waals surface area (Å²) in [5.41, 5.74) is 1.42. The van der Waals surface area contributed by atoms with Crippen molar-refractivity contribution in [3.05, 3.63) is 63.6 Å². The van der Waals surface area contributed by atoms with E-state index in [2.05, 4.69) is 0 Å². The molecular formula is C15H12Cl2N2O2S. The van der Waals surface area contributed by atoms with E-state index >= 15 is 0 Å². The van der Waals surface area contributed by atoms with E-state index in [1.54, 1.807) is 36.4 Å². The minimum absolute atomic E-state index is 0.0592. The molecule has 7 heteroatoms. The van der Waals surface area contributed by atoms with Gasteiger partial charge in [0, 0.05) is 10.0 Å². The predicted molar refractivity (Wildman–Crippen MR) is 88.6 cm³/mol. The van der Waals surface area contributed by atoms with Gasteiger partial charge in [0.2, 0.25) is 10.0 Å². The van der Waals surface area contributed by atoms with Gasteiger partial charge in [0.25, 0.3) is 0 Å². The zero-order valence-electron chi connectivity index (χ0n) is 11.6. The second-order valence-corrected chi connectivity index (χ2v) is 7.42. The number of hydrogen-bond donors (Lipinski definition) is 0. The molecule has 0 aromatic heterocycles. The highest BCUT2D eigenvalue weighted by molar-refractivity contribution is 7.92. The van der Waals surface area contributed by atoms with Crippen LogP contribution in [0, 0.1) is 11.3 Å². The van der Waals surface area contributed by atoms with Gasteiger partial charge in [-0.15, -0.1) is 0 Å². The average molecular weight is 355 g/mol. The maximum absolute atomic E-state index is 12.1. The molecule has 0 aliphatic heterocycles. The second-order valence-electron chi connectivity index (χ2n) is 4.67. The van der Waals surface area contributed by atoms with Gasteiger partial charge in [-0.1, -0.05) is 35.3 Å². The largest absolute Gasteiger partial charge is 0.266 e. The van der Waals surface area contributed by atoms with Crippen molar-refractivity contribution in [3.8, 4) is 6.07 Å². The van der Waals surface area contributed by atoms with Crippen LogP contribution in [0.25, 0.3) is 0 Å². The molecule has 0 atom stereocenters. The molecule has 2 rings (SSSR count). The van der Waals surface area contributed by atoms with Crippen LogP contribution in [-0.2, 0) is 16.6 Å². The topological polar surface area (TPSA) is 61.2 Å². The quantitative estimate of drug-likeness (QED) is 0.837. The SMILES string of the molecule is CS(=O)(=O)N(Cc1ccc(Cl)cc1Cl)c1cccc(C#N)c1. The minimum Gasteiger partial charge on any atom is -0.266 e. The minimum atomic E-state index is -3.54. The molecule has 0 heterocycles. The Balaban J connectivity index is 2.46. The Kier molecular flexibility index (Phi) is 4.97. The third kappa shape index (κ3) is 3.92. The van der Waals surface area contributed by atoms with Crippen molar-refractivity contribution >= 4 is 38.9 Å². The molecule has 4 nitrogen and oxygen atoms in total. The van der Waals surface area contributed by atoms with Gasteiger partial charge in [0.05, 0.1) is 30.1 Å². The van der Waals surface area contributed by atoms with E-state index in [1.165, 1.54) is 10.4 Å². The van der Waals surface area contributed by atoms with Crippen LogP contribution >= 0.6 is 23.2 Å². The highest BCUT2D eigenvalue weighted by Crippen LogP contribution is 2.26. The fourth-order valence-corrected chi connectivity index (χ4v) is 3.27. The van der Waals surface area contributed by atoms with Gasteiger partial charge in [-0.25, -0.2) is 8.42 Å². The highest BCUT2D eigenvalue weighted by Gasteiger charge is 2.19. The zero-order valence-corrected chi connectivity index (χ0v) is 14.0. The first kappa shape index (κ1) is 16.6. The first-order chi connectivity index (χ1) is 10.3. The summed E-state index contributed by atoms with van der Waals surface area (Å²) in [6.07, 6.45) is 1.11. The van der Waals surface area contributed by atoms with Crippen LogP contribution in [0.5, 0.6) is 0 Å². The predicted octanol–water partition coefficient (Wildman–Crippen LogP) is 3.83. The number of benzene rings is 2. The van der Waals surface area contributed by atoms with Gasteiger partial charge in [-0.3, -0.25) is 4.31 Å². The molecule has 0 saturated carbocycles. The van der Waals surface area contributed by atoms with E-state index in [4.69, 9.17) is 28.5 Å². The number of hydrogen-bond acceptors (Lipinski definition) is 3. The Labute approximate surface area is 139 Å². The molecule has 0 aliphatic rings. The zero-order chi connectivity index (χ0) is 16.3. The normalized spacial score (nSPS) is 11.0. The van der Waals surface area contributed by atoms with Crippen LogP contribution in [0.15, 0.2) is 42.5 Å². The summed E-state index contributed by atoms with van der Waals surface area (Å²) in [5.74, 6) is 0. The molecule has 0 saturated heterocycles. The molecule has 0 unspecified atom stereocenters. The molecule has 2 aromatic rings. The van der Waals surface area contributed by atoms with Crippen molar-refractivity contribution in [2.75, 3.05) is 10.6 Å². The third-order valence-corrected chi connectivity index (χ3v) is 4.72. The first-order valence-corrected chi connectivity index (χ1v) is 8.83. The van der Waals surface area contributed by atoms with Crippen molar-refractivity contribution in [1.29, 1.82) is 5.26 Å². The number of nitrogens with zero attached hydrogens (tertiary/aromatic N) is 2. The molecular weight excluding hydrogens is 343 g/mol. The molecule has 22 heavy (non-hydrogen) atoms. The number of rotatable bonds is 4. The summed E-state index contributed by atoms with van der Waals surface area (Å²) in [5, 5.41) is 9.82. The molecule has 0 N–H and O–H groups in total. The van der Waals surface area contributed by atoms with Crippen molar-refractivity contribution in [3.63, 3.8) is 0 Å². The molecule has 0 spiro atoms. The van der Waals surface area contributed by atoms with Gasteiger partial charge in [-0.05, 0) is 35.9 Å². The lowest BCUT2D eigenvalue weighted by Gasteiger charge is -2.23. The van der Waals surface area contributed by atoms with E-state index in [9.17, 15) is 8.42 Å². The number of anilines is 1. The summed E-state index contributed by atoms with van der Waals surface area (Å²) in [4.78, 5) is 0. The van der Waals surface area contributed by atoms with E-state index in [0.29, 0.717) is 26.9 Å². The summed E-state index contributed by atoms with van der Waals surface area (Å²) in [6, 6.07) is 13.3. The number of halogens is 2. The van der Waals surface area contributed by atoms with Gasteiger partial charge >= 0.3 is 0 Å². The molecule has 0 amide bonds. The maximum atomic E-state index is 12.1. The van der Waals surface area contributed by atoms with E-state index in [-0.39, 0.29) is 6.54 Å². The van der Waals surface area contributed by atoms with Crippen LogP contribution in [-0.4, -0.2) is 14.7 Å². The molecule has 114 valence electrons. The van der Waals surface area contributed by atoms with E-state index in [1.807, 2.05) is 6.07 Å². The summed E-state index contributed by atoms with van der Waals surface area (Å²) >= 11 is 12.0. The van der Waals surface area contributed by atoms with Crippen LogP contribution in [0.1, 0.15) is 11.1 Å². The smallest absolute Gasteiger partial charge is 0.232 e. The van der Waals surface area contributed by atoms with Gasteiger partial charge in [-0.2, -0.15) is 5.26 Å². The number of nitriles is 1. The number of sulfonamides is 1. The fourth-order valence-electron chi connectivity index (χ4n) is 1.94. The van der Waals surface area contributed by atoms with E-state index < -0.39 is 10.0 Å².